The maximum Gasteiger partial charge on any atom is 0.326 e. The summed E-state index contributed by atoms with van der Waals surface area (Å²) in [5, 5.41) is 11.5. The molecule has 0 fully saturated rings. The molecule has 2 unspecified atom stereocenters. The molecule has 2 N–H and O–H groups in total. The van der Waals surface area contributed by atoms with Crippen LogP contribution in [0.25, 0.3) is 0 Å². The van der Waals surface area contributed by atoms with Crippen LogP contribution in [0.4, 0.5) is 0 Å². The fraction of sp³-hybridized carbons (Fsp3) is 0.500. The zero-order chi connectivity index (χ0) is 13.0. The van der Waals surface area contributed by atoms with Gasteiger partial charge >= 0.3 is 5.97 Å². The average molecular weight is 239 g/mol. The van der Waals surface area contributed by atoms with Gasteiger partial charge in [-0.25, -0.2) is 4.79 Å². The molecule has 5 nitrogen and oxygen atoms in total. The van der Waals surface area contributed by atoms with E-state index in [9.17, 15) is 9.59 Å². The van der Waals surface area contributed by atoms with E-state index >= 15 is 0 Å². The van der Waals surface area contributed by atoms with Crippen LogP contribution in [-0.2, 0) is 4.79 Å². The summed E-state index contributed by atoms with van der Waals surface area (Å²) in [6, 6.07) is 2.30. The first-order valence-corrected chi connectivity index (χ1v) is 5.55. The summed E-state index contributed by atoms with van der Waals surface area (Å²) in [6.45, 7) is 5.39. The first-order chi connectivity index (χ1) is 7.95. The zero-order valence-electron chi connectivity index (χ0n) is 10.2. The first kappa shape index (κ1) is 13.3. The van der Waals surface area contributed by atoms with Gasteiger partial charge < -0.3 is 14.8 Å². The van der Waals surface area contributed by atoms with E-state index in [4.69, 9.17) is 9.52 Å². The van der Waals surface area contributed by atoms with Crippen molar-refractivity contribution in [2.24, 2.45) is 5.92 Å². The first-order valence-electron chi connectivity index (χ1n) is 5.55. The van der Waals surface area contributed by atoms with Gasteiger partial charge in [0.05, 0.1) is 0 Å². The van der Waals surface area contributed by atoms with Crippen LogP contribution in [0.2, 0.25) is 0 Å². The summed E-state index contributed by atoms with van der Waals surface area (Å²) < 4.78 is 5.13. The molecular weight excluding hydrogens is 222 g/mol. The molecule has 1 aromatic heterocycles. The number of carboxylic acids is 1. The molecule has 0 radical (unpaired) electrons. The maximum atomic E-state index is 11.7. The summed E-state index contributed by atoms with van der Waals surface area (Å²) >= 11 is 0. The molecule has 0 saturated heterocycles. The van der Waals surface area contributed by atoms with E-state index in [-0.39, 0.29) is 11.7 Å². The SMILES string of the molecule is CCC(C)C(NC(=O)c1ccc(C)o1)C(=O)O. The third-order valence-electron chi connectivity index (χ3n) is 2.73. The van der Waals surface area contributed by atoms with Crippen molar-refractivity contribution < 1.29 is 19.1 Å². The van der Waals surface area contributed by atoms with Gasteiger partial charge in [0, 0.05) is 0 Å². The highest BCUT2D eigenvalue weighted by Crippen LogP contribution is 2.11. The minimum atomic E-state index is -1.03. The molecule has 94 valence electrons. The lowest BCUT2D eigenvalue weighted by atomic mass is 9.99. The van der Waals surface area contributed by atoms with Crippen molar-refractivity contribution in [2.45, 2.75) is 33.2 Å². The number of rotatable bonds is 5. The number of nitrogens with one attached hydrogen (secondary N) is 1. The largest absolute Gasteiger partial charge is 0.480 e. The van der Waals surface area contributed by atoms with E-state index < -0.39 is 17.9 Å². The van der Waals surface area contributed by atoms with Crippen molar-refractivity contribution in [1.29, 1.82) is 0 Å². The van der Waals surface area contributed by atoms with Gasteiger partial charge in [-0.3, -0.25) is 4.79 Å². The molecular formula is C12H17NO4. The van der Waals surface area contributed by atoms with Crippen LogP contribution in [0.5, 0.6) is 0 Å². The van der Waals surface area contributed by atoms with Gasteiger partial charge in [-0.1, -0.05) is 20.3 Å². The molecule has 0 aliphatic heterocycles. The van der Waals surface area contributed by atoms with E-state index in [2.05, 4.69) is 5.32 Å². The molecule has 2 atom stereocenters. The second-order valence-electron chi connectivity index (χ2n) is 4.09. The Morgan fingerprint density at radius 1 is 1.47 bits per heavy atom. The Morgan fingerprint density at radius 2 is 2.12 bits per heavy atom. The van der Waals surface area contributed by atoms with Gasteiger partial charge in [-0.05, 0) is 25.0 Å². The highest BCUT2D eigenvalue weighted by molar-refractivity contribution is 5.94. The lowest BCUT2D eigenvalue weighted by molar-refractivity contribution is -0.140. The number of carbonyl (C=O) groups excluding carboxylic acids is 1. The summed E-state index contributed by atoms with van der Waals surface area (Å²) in [5.74, 6) is -0.906. The molecule has 5 heteroatoms. The number of hydrogen-bond acceptors (Lipinski definition) is 3. The highest BCUT2D eigenvalue weighted by atomic mass is 16.4. The van der Waals surface area contributed by atoms with Crippen LogP contribution in [-0.4, -0.2) is 23.0 Å². The van der Waals surface area contributed by atoms with E-state index in [1.165, 1.54) is 6.07 Å². The normalized spacial score (nSPS) is 14.1. The Morgan fingerprint density at radius 3 is 2.53 bits per heavy atom. The molecule has 17 heavy (non-hydrogen) atoms. The van der Waals surface area contributed by atoms with Crippen LogP contribution in [0.15, 0.2) is 16.5 Å². The van der Waals surface area contributed by atoms with E-state index in [1.807, 2.05) is 6.92 Å². The number of aliphatic carboxylic acids is 1. The van der Waals surface area contributed by atoms with E-state index in [0.29, 0.717) is 12.2 Å². The summed E-state index contributed by atoms with van der Waals surface area (Å²) in [7, 11) is 0. The van der Waals surface area contributed by atoms with Crippen LogP contribution in [0.3, 0.4) is 0 Å². The van der Waals surface area contributed by atoms with Crippen LogP contribution >= 0.6 is 0 Å². The number of aryl methyl sites for hydroxylation is 1. The Balaban J connectivity index is 2.74. The van der Waals surface area contributed by atoms with Gasteiger partial charge in [0.1, 0.15) is 11.8 Å². The number of carbonyl (C=O) groups is 2. The topological polar surface area (TPSA) is 79.5 Å². The number of carboxylic acid groups (broad SMARTS) is 1. The molecule has 0 saturated carbocycles. The molecule has 0 aromatic carbocycles. The van der Waals surface area contributed by atoms with Crippen molar-refractivity contribution >= 4 is 11.9 Å². The Labute approximate surface area is 99.8 Å². The Kier molecular flexibility index (Phi) is 4.31. The third kappa shape index (κ3) is 3.34. The number of amides is 1. The van der Waals surface area contributed by atoms with Gasteiger partial charge in [0.2, 0.25) is 0 Å². The minimum Gasteiger partial charge on any atom is -0.480 e. The molecule has 0 bridgehead atoms. The fourth-order valence-electron chi connectivity index (χ4n) is 1.45. The Bertz CT molecular complexity index is 410. The van der Waals surface area contributed by atoms with Crippen LogP contribution < -0.4 is 5.32 Å². The standard InChI is InChI=1S/C12H17NO4/c1-4-7(2)10(12(15)16)13-11(14)9-6-5-8(3)17-9/h5-7,10H,4H2,1-3H3,(H,13,14)(H,15,16). The van der Waals surface area contributed by atoms with Gasteiger partial charge in [0.15, 0.2) is 5.76 Å². The highest BCUT2D eigenvalue weighted by Gasteiger charge is 2.26. The molecule has 1 rings (SSSR count). The Hall–Kier alpha value is -1.78. The average Bonchev–Trinajstić information content (AvgIpc) is 2.71. The molecule has 1 aromatic rings. The zero-order valence-corrected chi connectivity index (χ0v) is 10.2. The van der Waals surface area contributed by atoms with Crippen molar-refractivity contribution in [2.75, 3.05) is 0 Å². The molecule has 0 aliphatic carbocycles. The van der Waals surface area contributed by atoms with Gasteiger partial charge in [-0.15, -0.1) is 0 Å². The van der Waals surface area contributed by atoms with Crippen molar-refractivity contribution in [3.8, 4) is 0 Å². The summed E-state index contributed by atoms with van der Waals surface area (Å²) in [4.78, 5) is 22.8. The smallest absolute Gasteiger partial charge is 0.326 e. The lowest BCUT2D eigenvalue weighted by Crippen LogP contribution is -2.44. The predicted molar refractivity (Wildman–Crippen MR) is 61.8 cm³/mol. The van der Waals surface area contributed by atoms with Gasteiger partial charge in [-0.2, -0.15) is 0 Å². The predicted octanol–water partition coefficient (Wildman–Crippen LogP) is 1.82. The number of furan rings is 1. The van der Waals surface area contributed by atoms with Crippen molar-refractivity contribution in [3.63, 3.8) is 0 Å². The second kappa shape index (κ2) is 5.52. The van der Waals surface area contributed by atoms with E-state index in [1.54, 1.807) is 19.9 Å². The quantitative estimate of drug-likeness (QED) is 0.821. The second-order valence-corrected chi connectivity index (χ2v) is 4.09. The minimum absolute atomic E-state index is 0.132. The van der Waals surface area contributed by atoms with Crippen LogP contribution in [0, 0.1) is 12.8 Å². The van der Waals surface area contributed by atoms with Crippen LogP contribution in [0.1, 0.15) is 36.6 Å². The lowest BCUT2D eigenvalue weighted by Gasteiger charge is -2.19. The molecule has 0 aliphatic rings. The van der Waals surface area contributed by atoms with Gasteiger partial charge in [0.25, 0.3) is 5.91 Å². The number of hydrogen-bond donors (Lipinski definition) is 2. The monoisotopic (exact) mass is 239 g/mol. The third-order valence-corrected chi connectivity index (χ3v) is 2.73. The van der Waals surface area contributed by atoms with E-state index in [0.717, 1.165) is 0 Å². The van der Waals surface area contributed by atoms with Crippen molar-refractivity contribution in [1.82, 2.24) is 5.32 Å². The summed E-state index contributed by atoms with van der Waals surface area (Å²) in [5.41, 5.74) is 0. The molecule has 1 heterocycles. The maximum absolute atomic E-state index is 11.7. The molecule has 0 spiro atoms. The van der Waals surface area contributed by atoms with Crippen molar-refractivity contribution in [3.05, 3.63) is 23.7 Å². The summed E-state index contributed by atoms with van der Waals surface area (Å²) in [6.07, 6.45) is 0.675. The molecule has 1 amide bonds. The fourth-order valence-corrected chi connectivity index (χ4v) is 1.45.